The Bertz CT molecular complexity index is 418. The first-order valence-corrected chi connectivity index (χ1v) is 5.50. The summed E-state index contributed by atoms with van der Waals surface area (Å²) in [5.41, 5.74) is 0.140. The van der Waals surface area contributed by atoms with E-state index in [-0.39, 0.29) is 17.7 Å². The Morgan fingerprint density at radius 1 is 1.41 bits per heavy atom. The first-order chi connectivity index (χ1) is 7.81. The molecule has 0 aliphatic heterocycles. The molecule has 94 valence electrons. The molecule has 3 nitrogen and oxygen atoms in total. The third-order valence-electron chi connectivity index (χ3n) is 1.81. The molecule has 0 aromatic heterocycles. The molecule has 1 aromatic carbocycles. The quantitative estimate of drug-likeness (QED) is 0.614. The normalized spacial score (nSPS) is 11.1. The predicted molar refractivity (Wildman–Crippen MR) is 61.6 cm³/mol. The lowest BCUT2D eigenvalue weighted by molar-refractivity contribution is -0.274. The number of methoxy groups -OCH3 is 1. The smallest absolute Gasteiger partial charge is 0.469 e. The number of benzene rings is 1. The van der Waals surface area contributed by atoms with Gasteiger partial charge >= 0.3 is 12.3 Å². The highest BCUT2D eigenvalue weighted by Crippen LogP contribution is 2.28. The highest BCUT2D eigenvalue weighted by atomic mass is 127. The van der Waals surface area contributed by atoms with Crippen molar-refractivity contribution >= 4 is 28.6 Å². The zero-order valence-electron chi connectivity index (χ0n) is 8.68. The number of hydrogen-bond acceptors (Lipinski definition) is 3. The highest BCUT2D eigenvalue weighted by Gasteiger charge is 2.32. The Morgan fingerprint density at radius 2 is 2.06 bits per heavy atom. The second-order valence-corrected chi connectivity index (χ2v) is 4.30. The van der Waals surface area contributed by atoms with Crippen molar-refractivity contribution in [2.45, 2.75) is 12.8 Å². The van der Waals surface area contributed by atoms with E-state index in [0.717, 1.165) is 0 Å². The van der Waals surface area contributed by atoms with Crippen LogP contribution >= 0.6 is 22.6 Å². The van der Waals surface area contributed by atoms with Gasteiger partial charge in [0, 0.05) is 9.13 Å². The van der Waals surface area contributed by atoms with Gasteiger partial charge in [-0.1, -0.05) is 0 Å². The molecule has 0 N–H and O–H groups in total. The first kappa shape index (κ1) is 14.1. The van der Waals surface area contributed by atoms with E-state index in [4.69, 9.17) is 0 Å². The Morgan fingerprint density at radius 3 is 2.59 bits per heavy atom. The number of hydrogen-bond donors (Lipinski definition) is 0. The van der Waals surface area contributed by atoms with Gasteiger partial charge in [-0.05, 0) is 40.8 Å². The van der Waals surface area contributed by atoms with Crippen LogP contribution in [0.25, 0.3) is 0 Å². The summed E-state index contributed by atoms with van der Waals surface area (Å²) in [5, 5.41) is 0. The SMILES string of the molecule is COC(=O)Cc1cc(I)ccc1OC(F)(F)F. The van der Waals surface area contributed by atoms with Gasteiger partial charge in [0.25, 0.3) is 0 Å². The zero-order chi connectivity index (χ0) is 13.1. The Kier molecular flexibility index (Phi) is 4.61. The summed E-state index contributed by atoms with van der Waals surface area (Å²) in [6.45, 7) is 0. The molecule has 0 fully saturated rings. The van der Waals surface area contributed by atoms with Crippen molar-refractivity contribution in [1.82, 2.24) is 0 Å². The molecule has 0 amide bonds. The molecule has 0 spiro atoms. The molecule has 0 radical (unpaired) electrons. The topological polar surface area (TPSA) is 35.5 Å². The van der Waals surface area contributed by atoms with Gasteiger partial charge < -0.3 is 9.47 Å². The van der Waals surface area contributed by atoms with E-state index in [9.17, 15) is 18.0 Å². The van der Waals surface area contributed by atoms with E-state index >= 15 is 0 Å². The fourth-order valence-electron chi connectivity index (χ4n) is 1.14. The number of ether oxygens (including phenoxy) is 2. The lowest BCUT2D eigenvalue weighted by atomic mass is 10.1. The molecule has 0 unspecified atom stereocenters. The van der Waals surface area contributed by atoms with Gasteiger partial charge in [-0.25, -0.2) is 0 Å². The molecule has 0 bridgehead atoms. The fraction of sp³-hybridized carbons (Fsp3) is 0.300. The van der Waals surface area contributed by atoms with Gasteiger partial charge in [0.2, 0.25) is 0 Å². The minimum absolute atomic E-state index is 0.140. The van der Waals surface area contributed by atoms with Crippen LogP contribution in [-0.4, -0.2) is 19.4 Å². The molecule has 17 heavy (non-hydrogen) atoms. The number of carbonyl (C=O) groups is 1. The summed E-state index contributed by atoms with van der Waals surface area (Å²) in [4.78, 5) is 11.0. The average molecular weight is 360 g/mol. The zero-order valence-corrected chi connectivity index (χ0v) is 10.8. The second kappa shape index (κ2) is 5.56. The summed E-state index contributed by atoms with van der Waals surface area (Å²) in [6, 6.07) is 4.08. The van der Waals surface area contributed by atoms with E-state index in [1.54, 1.807) is 0 Å². The van der Waals surface area contributed by atoms with E-state index < -0.39 is 12.3 Å². The third kappa shape index (κ3) is 4.80. The monoisotopic (exact) mass is 360 g/mol. The standard InChI is InChI=1S/C10H8F3IO3/c1-16-9(15)5-6-4-7(14)2-3-8(6)17-10(11,12)13/h2-4H,5H2,1H3. The molecule has 1 aromatic rings. The van der Waals surface area contributed by atoms with Crippen LogP contribution in [0, 0.1) is 3.57 Å². The molecule has 0 saturated carbocycles. The van der Waals surface area contributed by atoms with Gasteiger partial charge in [0.05, 0.1) is 13.5 Å². The van der Waals surface area contributed by atoms with Gasteiger partial charge in [0.15, 0.2) is 0 Å². The maximum atomic E-state index is 12.1. The predicted octanol–water partition coefficient (Wildman–Crippen LogP) is 2.91. The van der Waals surface area contributed by atoms with E-state index in [2.05, 4.69) is 9.47 Å². The van der Waals surface area contributed by atoms with E-state index in [0.29, 0.717) is 3.57 Å². The minimum atomic E-state index is -4.78. The van der Waals surface area contributed by atoms with Crippen LogP contribution in [0.15, 0.2) is 18.2 Å². The lowest BCUT2D eigenvalue weighted by Gasteiger charge is -2.13. The van der Waals surface area contributed by atoms with Crippen LogP contribution in [-0.2, 0) is 16.0 Å². The van der Waals surface area contributed by atoms with Crippen molar-refractivity contribution in [2.75, 3.05) is 7.11 Å². The van der Waals surface area contributed by atoms with Crippen LogP contribution in [0.4, 0.5) is 13.2 Å². The van der Waals surface area contributed by atoms with Crippen molar-refractivity contribution in [3.8, 4) is 5.75 Å². The van der Waals surface area contributed by atoms with Crippen LogP contribution in [0.2, 0.25) is 0 Å². The molecular weight excluding hydrogens is 352 g/mol. The van der Waals surface area contributed by atoms with Gasteiger partial charge in [-0.15, -0.1) is 13.2 Å². The van der Waals surface area contributed by atoms with Crippen LogP contribution in [0.1, 0.15) is 5.56 Å². The van der Waals surface area contributed by atoms with E-state index in [1.807, 2.05) is 22.6 Å². The molecule has 0 heterocycles. The second-order valence-electron chi connectivity index (χ2n) is 3.05. The van der Waals surface area contributed by atoms with Gasteiger partial charge in [-0.2, -0.15) is 0 Å². The molecule has 0 aliphatic rings. The first-order valence-electron chi connectivity index (χ1n) is 4.43. The number of halogens is 4. The molecule has 1 rings (SSSR count). The number of alkyl halides is 3. The molecule has 0 aliphatic carbocycles. The average Bonchev–Trinajstić information content (AvgIpc) is 2.20. The summed E-state index contributed by atoms with van der Waals surface area (Å²) in [7, 11) is 1.17. The summed E-state index contributed by atoms with van der Waals surface area (Å²) < 4.78 is 45.2. The minimum Gasteiger partial charge on any atom is -0.469 e. The lowest BCUT2D eigenvalue weighted by Crippen LogP contribution is -2.19. The van der Waals surface area contributed by atoms with Crippen molar-refractivity contribution < 1.29 is 27.4 Å². The van der Waals surface area contributed by atoms with Gasteiger partial charge in [-0.3, -0.25) is 4.79 Å². The largest absolute Gasteiger partial charge is 0.573 e. The Labute approximate surface area is 109 Å². The van der Waals surface area contributed by atoms with Crippen molar-refractivity contribution in [1.29, 1.82) is 0 Å². The Hall–Kier alpha value is -0.990. The molecule has 7 heteroatoms. The fourth-order valence-corrected chi connectivity index (χ4v) is 1.69. The number of carbonyl (C=O) groups excluding carboxylic acids is 1. The highest BCUT2D eigenvalue weighted by molar-refractivity contribution is 14.1. The van der Waals surface area contributed by atoms with E-state index in [1.165, 1.54) is 25.3 Å². The summed E-state index contributed by atoms with van der Waals surface area (Å²) >= 11 is 1.93. The molecule has 0 atom stereocenters. The van der Waals surface area contributed by atoms with Crippen LogP contribution < -0.4 is 4.74 Å². The Balaban J connectivity index is 2.99. The van der Waals surface area contributed by atoms with Crippen LogP contribution in [0.3, 0.4) is 0 Å². The summed E-state index contributed by atoms with van der Waals surface area (Å²) in [5.74, 6) is -1.01. The van der Waals surface area contributed by atoms with Crippen molar-refractivity contribution in [3.63, 3.8) is 0 Å². The maximum absolute atomic E-state index is 12.1. The number of esters is 1. The molecule has 0 saturated heterocycles. The third-order valence-corrected chi connectivity index (χ3v) is 2.48. The maximum Gasteiger partial charge on any atom is 0.573 e. The number of rotatable bonds is 3. The van der Waals surface area contributed by atoms with Crippen molar-refractivity contribution in [2.24, 2.45) is 0 Å². The van der Waals surface area contributed by atoms with Crippen LogP contribution in [0.5, 0.6) is 5.75 Å². The van der Waals surface area contributed by atoms with Crippen molar-refractivity contribution in [3.05, 3.63) is 27.3 Å². The molecular formula is C10H8F3IO3. The summed E-state index contributed by atoms with van der Waals surface area (Å²) in [6.07, 6.45) is -5.05. The van der Waals surface area contributed by atoms with Gasteiger partial charge in [0.1, 0.15) is 5.75 Å².